The van der Waals surface area contributed by atoms with Gasteiger partial charge in [0.2, 0.25) is 5.95 Å². The standard InChI is InChI=1S/C19H21F3N6OS/c1-11-7-15(30-26-11)27-8-12-4-5-13(9-27)16(12)23-18-24-17-14(29-10-19(20,21)22)3-2-6-28(17)25-18/h2-3,6-7,12-13,16H,4-5,8-10H2,1H3,(H,23,25)/t12-,13?,16-/m0/s1. The number of nitrogens with zero attached hydrogens (tertiary/aromatic N) is 5. The first kappa shape index (κ1) is 19.4. The monoisotopic (exact) mass is 438 g/mol. The summed E-state index contributed by atoms with van der Waals surface area (Å²) >= 11 is 1.54. The van der Waals surface area contributed by atoms with Crippen LogP contribution in [0.15, 0.2) is 24.4 Å². The van der Waals surface area contributed by atoms with Crippen molar-refractivity contribution in [3.8, 4) is 5.75 Å². The maximum atomic E-state index is 12.5. The molecule has 1 aliphatic carbocycles. The molecule has 2 aliphatic rings. The van der Waals surface area contributed by atoms with Crippen LogP contribution in [0.1, 0.15) is 18.5 Å². The second-order valence-corrected chi connectivity index (χ2v) is 8.74. The van der Waals surface area contributed by atoms with Crippen LogP contribution in [-0.2, 0) is 0 Å². The van der Waals surface area contributed by atoms with Gasteiger partial charge in [0.25, 0.3) is 0 Å². The SMILES string of the molecule is Cc1cc(N2CC3CC[C@@H](C2)[C@@H]3Nc2nc3c(OCC(F)(F)F)cccn3n2)sn1. The molecule has 1 aliphatic heterocycles. The fourth-order valence-corrected chi connectivity index (χ4v) is 5.28. The van der Waals surface area contributed by atoms with Crippen molar-refractivity contribution in [1.29, 1.82) is 0 Å². The normalized spacial score (nSPS) is 23.9. The van der Waals surface area contributed by atoms with Crippen molar-refractivity contribution in [2.45, 2.75) is 32.0 Å². The fourth-order valence-electron chi connectivity index (χ4n) is 4.50. The van der Waals surface area contributed by atoms with Gasteiger partial charge in [-0.05, 0) is 61.3 Å². The van der Waals surface area contributed by atoms with E-state index in [4.69, 9.17) is 4.74 Å². The third kappa shape index (κ3) is 3.78. The first-order valence-electron chi connectivity index (χ1n) is 9.85. The van der Waals surface area contributed by atoms with Gasteiger partial charge in [-0.2, -0.15) is 22.5 Å². The minimum Gasteiger partial charge on any atom is -0.480 e. The van der Waals surface area contributed by atoms with Crippen molar-refractivity contribution < 1.29 is 17.9 Å². The van der Waals surface area contributed by atoms with Crippen LogP contribution in [0.25, 0.3) is 5.65 Å². The van der Waals surface area contributed by atoms with Crippen LogP contribution >= 0.6 is 11.5 Å². The van der Waals surface area contributed by atoms with E-state index in [1.54, 1.807) is 12.3 Å². The summed E-state index contributed by atoms with van der Waals surface area (Å²) in [6.07, 6.45) is -0.497. The Morgan fingerprint density at radius 1 is 1.27 bits per heavy atom. The molecule has 1 saturated heterocycles. The molecule has 1 unspecified atom stereocenters. The predicted octanol–water partition coefficient (Wildman–Crippen LogP) is 3.76. The van der Waals surface area contributed by atoms with Gasteiger partial charge in [0.1, 0.15) is 5.00 Å². The van der Waals surface area contributed by atoms with Gasteiger partial charge in [-0.25, -0.2) is 4.52 Å². The molecule has 3 aromatic rings. The van der Waals surface area contributed by atoms with E-state index in [0.29, 0.717) is 17.8 Å². The van der Waals surface area contributed by atoms with Crippen LogP contribution in [0.3, 0.4) is 0 Å². The van der Waals surface area contributed by atoms with Crippen LogP contribution in [0, 0.1) is 18.8 Å². The highest BCUT2D eigenvalue weighted by atomic mass is 32.1. The van der Waals surface area contributed by atoms with E-state index in [0.717, 1.165) is 31.6 Å². The van der Waals surface area contributed by atoms with E-state index in [2.05, 4.69) is 30.7 Å². The lowest BCUT2D eigenvalue weighted by Crippen LogP contribution is -2.48. The summed E-state index contributed by atoms with van der Waals surface area (Å²) in [7, 11) is 0. The van der Waals surface area contributed by atoms with Crippen molar-refractivity contribution in [3.05, 3.63) is 30.1 Å². The summed E-state index contributed by atoms with van der Waals surface area (Å²) in [5.74, 6) is 1.40. The number of nitrogens with one attached hydrogen (secondary N) is 1. The Balaban J connectivity index is 1.31. The summed E-state index contributed by atoms with van der Waals surface area (Å²) in [6.45, 7) is 2.54. The molecule has 5 rings (SSSR count). The van der Waals surface area contributed by atoms with Gasteiger partial charge in [0, 0.05) is 25.3 Å². The third-order valence-electron chi connectivity index (χ3n) is 5.77. The molecule has 11 heteroatoms. The van der Waals surface area contributed by atoms with E-state index < -0.39 is 12.8 Å². The zero-order valence-electron chi connectivity index (χ0n) is 16.3. The van der Waals surface area contributed by atoms with Crippen LogP contribution in [0.2, 0.25) is 0 Å². The first-order valence-corrected chi connectivity index (χ1v) is 10.6. The van der Waals surface area contributed by atoms with Crippen LogP contribution in [0.4, 0.5) is 24.1 Å². The Kier molecular flexibility index (Phi) is 4.72. The van der Waals surface area contributed by atoms with Gasteiger partial charge < -0.3 is 15.0 Å². The second-order valence-electron chi connectivity index (χ2n) is 7.96. The summed E-state index contributed by atoms with van der Waals surface area (Å²) in [4.78, 5) is 6.82. The van der Waals surface area contributed by atoms with Gasteiger partial charge in [-0.15, -0.1) is 5.10 Å². The Labute approximate surface area is 175 Å². The number of fused-ring (bicyclic) bond motifs is 3. The van der Waals surface area contributed by atoms with Gasteiger partial charge >= 0.3 is 6.18 Å². The van der Waals surface area contributed by atoms with Crippen LogP contribution < -0.4 is 15.0 Å². The largest absolute Gasteiger partial charge is 0.480 e. The lowest BCUT2D eigenvalue weighted by Gasteiger charge is -2.38. The number of rotatable bonds is 5. The molecule has 1 N–H and O–H groups in total. The highest BCUT2D eigenvalue weighted by Crippen LogP contribution is 2.41. The predicted molar refractivity (Wildman–Crippen MR) is 107 cm³/mol. The lowest BCUT2D eigenvalue weighted by atomic mass is 9.92. The van der Waals surface area contributed by atoms with E-state index in [-0.39, 0.29) is 17.4 Å². The molecule has 2 bridgehead atoms. The Morgan fingerprint density at radius 3 is 2.70 bits per heavy atom. The number of pyridine rings is 1. The number of alkyl halides is 3. The zero-order chi connectivity index (χ0) is 20.9. The van der Waals surface area contributed by atoms with E-state index in [1.807, 2.05) is 6.92 Å². The lowest BCUT2D eigenvalue weighted by molar-refractivity contribution is -0.153. The summed E-state index contributed by atoms with van der Waals surface area (Å²) in [5, 5.41) is 9.06. The van der Waals surface area contributed by atoms with E-state index in [1.165, 1.54) is 27.1 Å². The molecule has 2 fully saturated rings. The Bertz CT molecular complexity index is 1040. The molecule has 3 atom stereocenters. The van der Waals surface area contributed by atoms with Crippen molar-refractivity contribution in [2.75, 3.05) is 29.9 Å². The molecular weight excluding hydrogens is 417 g/mol. The highest BCUT2D eigenvalue weighted by Gasteiger charge is 2.43. The molecule has 1 saturated carbocycles. The van der Waals surface area contributed by atoms with Crippen molar-refractivity contribution in [2.24, 2.45) is 11.8 Å². The number of aryl methyl sites for hydroxylation is 1. The third-order valence-corrected chi connectivity index (χ3v) is 6.72. The molecule has 3 aromatic heterocycles. The highest BCUT2D eigenvalue weighted by molar-refractivity contribution is 7.10. The second kappa shape index (κ2) is 7.29. The Morgan fingerprint density at radius 2 is 2.03 bits per heavy atom. The van der Waals surface area contributed by atoms with Gasteiger partial charge in [-0.1, -0.05) is 0 Å². The topological polar surface area (TPSA) is 67.6 Å². The smallest absolute Gasteiger partial charge is 0.422 e. The molecule has 0 spiro atoms. The number of anilines is 2. The zero-order valence-corrected chi connectivity index (χ0v) is 17.1. The minimum absolute atomic E-state index is 0.0636. The number of aromatic nitrogens is 4. The molecule has 0 aromatic carbocycles. The molecule has 30 heavy (non-hydrogen) atoms. The Hall–Kier alpha value is -2.56. The van der Waals surface area contributed by atoms with E-state index >= 15 is 0 Å². The van der Waals surface area contributed by atoms with Gasteiger partial charge in [-0.3, -0.25) is 0 Å². The summed E-state index contributed by atoms with van der Waals surface area (Å²) in [5.41, 5.74) is 1.31. The van der Waals surface area contributed by atoms with Crippen molar-refractivity contribution in [1.82, 2.24) is 19.0 Å². The quantitative estimate of drug-likeness (QED) is 0.654. The van der Waals surface area contributed by atoms with Crippen molar-refractivity contribution in [3.63, 3.8) is 0 Å². The molecule has 7 nitrogen and oxygen atoms in total. The average molecular weight is 438 g/mol. The molecular formula is C19H21F3N6OS. The summed E-state index contributed by atoms with van der Waals surface area (Å²) in [6, 6.07) is 5.44. The average Bonchev–Trinajstić information content (AvgIpc) is 3.36. The fraction of sp³-hybridized carbons (Fsp3) is 0.526. The van der Waals surface area contributed by atoms with Crippen molar-refractivity contribution >= 4 is 28.1 Å². The number of halogens is 3. The number of piperidine rings is 1. The number of hydrogen-bond acceptors (Lipinski definition) is 7. The molecule has 0 radical (unpaired) electrons. The van der Waals surface area contributed by atoms with Gasteiger partial charge in [0.05, 0.1) is 5.69 Å². The van der Waals surface area contributed by atoms with E-state index in [9.17, 15) is 13.2 Å². The maximum absolute atomic E-state index is 12.5. The first-order chi connectivity index (χ1) is 14.4. The maximum Gasteiger partial charge on any atom is 0.422 e. The van der Waals surface area contributed by atoms with Crippen LogP contribution in [-0.4, -0.2) is 50.9 Å². The molecule has 160 valence electrons. The minimum atomic E-state index is -4.41. The van der Waals surface area contributed by atoms with Crippen LogP contribution in [0.5, 0.6) is 5.75 Å². The number of hydrogen-bond donors (Lipinski definition) is 1. The van der Waals surface area contributed by atoms with Gasteiger partial charge in [0.15, 0.2) is 18.0 Å². The number of ether oxygens (including phenoxy) is 1. The molecule has 4 heterocycles. The molecule has 0 amide bonds. The summed E-state index contributed by atoms with van der Waals surface area (Å²) < 4.78 is 48.3.